The largest absolute Gasteiger partial charge is 0.486 e. The van der Waals surface area contributed by atoms with E-state index in [0.717, 1.165) is 42.8 Å². The number of ether oxygens (including phenoxy) is 1. The van der Waals surface area contributed by atoms with E-state index in [1.165, 1.54) is 0 Å². The number of nitrogens with one attached hydrogen (secondary N) is 1. The van der Waals surface area contributed by atoms with Gasteiger partial charge < -0.3 is 19.4 Å². The highest BCUT2D eigenvalue weighted by molar-refractivity contribution is 5.98. The summed E-state index contributed by atoms with van der Waals surface area (Å²) in [6.07, 6.45) is 5.91. The fourth-order valence-electron chi connectivity index (χ4n) is 3.54. The lowest BCUT2D eigenvalue weighted by Crippen LogP contribution is -2.38. The van der Waals surface area contributed by atoms with E-state index in [9.17, 15) is 9.59 Å². The molecule has 0 spiro atoms. The van der Waals surface area contributed by atoms with Gasteiger partial charge in [0.05, 0.1) is 17.8 Å². The highest BCUT2D eigenvalue weighted by atomic mass is 16.5. The second kappa shape index (κ2) is 8.34. The standard InChI is InChI=1S/C22H24N4O3/c1-16-7-6-12-26-14-17(24-21(16)26)15-29-19-9-3-2-8-18(19)22(28)23-13-20(27)25-10-4-5-11-25/h2-3,6-9,12,14H,4-5,10-11,13,15H2,1H3,(H,23,28). The molecule has 0 atom stereocenters. The molecular weight excluding hydrogens is 368 g/mol. The molecule has 1 N–H and O–H groups in total. The van der Waals surface area contributed by atoms with Crippen molar-refractivity contribution in [3.8, 4) is 5.75 Å². The van der Waals surface area contributed by atoms with Crippen LogP contribution in [-0.4, -0.2) is 45.7 Å². The number of amides is 2. The molecule has 7 heteroatoms. The topological polar surface area (TPSA) is 75.9 Å². The van der Waals surface area contributed by atoms with Crippen LogP contribution >= 0.6 is 0 Å². The third-order valence-electron chi connectivity index (χ3n) is 5.09. The van der Waals surface area contributed by atoms with Gasteiger partial charge in [-0.05, 0) is 43.5 Å². The summed E-state index contributed by atoms with van der Waals surface area (Å²) < 4.78 is 7.84. The Morgan fingerprint density at radius 1 is 1.14 bits per heavy atom. The van der Waals surface area contributed by atoms with Gasteiger partial charge in [-0.15, -0.1) is 0 Å². The molecule has 0 bridgehead atoms. The van der Waals surface area contributed by atoms with Crippen molar-refractivity contribution in [2.24, 2.45) is 0 Å². The maximum atomic E-state index is 12.6. The van der Waals surface area contributed by atoms with Gasteiger partial charge in [-0.3, -0.25) is 9.59 Å². The number of likely N-dealkylation sites (tertiary alicyclic amines) is 1. The Balaban J connectivity index is 1.41. The van der Waals surface area contributed by atoms with Gasteiger partial charge in [0.25, 0.3) is 5.91 Å². The van der Waals surface area contributed by atoms with Crippen molar-refractivity contribution in [2.45, 2.75) is 26.4 Å². The summed E-state index contributed by atoms with van der Waals surface area (Å²) in [4.78, 5) is 31.1. The first-order valence-corrected chi connectivity index (χ1v) is 9.83. The first kappa shape index (κ1) is 19.0. The second-order valence-corrected chi connectivity index (χ2v) is 7.21. The number of aryl methyl sites for hydroxylation is 1. The number of benzene rings is 1. The van der Waals surface area contributed by atoms with Gasteiger partial charge in [0, 0.05) is 25.5 Å². The van der Waals surface area contributed by atoms with Gasteiger partial charge in [0.1, 0.15) is 18.0 Å². The van der Waals surface area contributed by atoms with Gasteiger partial charge in [-0.25, -0.2) is 4.98 Å². The van der Waals surface area contributed by atoms with Crippen molar-refractivity contribution in [1.82, 2.24) is 19.6 Å². The summed E-state index contributed by atoms with van der Waals surface area (Å²) in [5, 5.41) is 2.71. The number of hydrogen-bond acceptors (Lipinski definition) is 4. The van der Waals surface area contributed by atoms with Crippen LogP contribution in [-0.2, 0) is 11.4 Å². The van der Waals surface area contributed by atoms with E-state index in [0.29, 0.717) is 11.3 Å². The number of nitrogens with zero attached hydrogens (tertiary/aromatic N) is 3. The maximum Gasteiger partial charge on any atom is 0.255 e. The third-order valence-corrected chi connectivity index (χ3v) is 5.09. The summed E-state index contributed by atoms with van der Waals surface area (Å²) in [7, 11) is 0. The molecule has 7 nitrogen and oxygen atoms in total. The fraction of sp³-hybridized carbons (Fsp3) is 0.318. The third kappa shape index (κ3) is 4.23. The van der Waals surface area contributed by atoms with E-state index in [2.05, 4.69) is 10.3 Å². The number of para-hydroxylation sites is 1. The van der Waals surface area contributed by atoms with E-state index in [1.807, 2.05) is 41.9 Å². The molecule has 2 aromatic heterocycles. The summed E-state index contributed by atoms with van der Waals surface area (Å²) >= 11 is 0. The Labute approximate surface area is 169 Å². The summed E-state index contributed by atoms with van der Waals surface area (Å²) in [6, 6.07) is 11.0. The number of aromatic nitrogens is 2. The molecule has 0 unspecified atom stereocenters. The van der Waals surface area contributed by atoms with Crippen LogP contribution in [0, 0.1) is 6.92 Å². The molecule has 29 heavy (non-hydrogen) atoms. The molecule has 3 aromatic rings. The van der Waals surface area contributed by atoms with E-state index in [-0.39, 0.29) is 25.0 Å². The first-order chi connectivity index (χ1) is 14.1. The minimum absolute atomic E-state index is 0.00111. The van der Waals surface area contributed by atoms with Crippen molar-refractivity contribution >= 4 is 17.5 Å². The molecule has 150 valence electrons. The Kier molecular flexibility index (Phi) is 5.46. The molecule has 3 heterocycles. The Morgan fingerprint density at radius 2 is 1.93 bits per heavy atom. The molecule has 1 saturated heterocycles. The smallest absolute Gasteiger partial charge is 0.255 e. The van der Waals surface area contributed by atoms with Gasteiger partial charge in [0.15, 0.2) is 0 Å². The Morgan fingerprint density at radius 3 is 2.72 bits per heavy atom. The average molecular weight is 392 g/mol. The highest BCUT2D eigenvalue weighted by Gasteiger charge is 2.19. The lowest BCUT2D eigenvalue weighted by atomic mass is 10.2. The van der Waals surface area contributed by atoms with Crippen LogP contribution in [0.3, 0.4) is 0 Å². The zero-order valence-corrected chi connectivity index (χ0v) is 16.4. The molecule has 4 rings (SSSR count). The highest BCUT2D eigenvalue weighted by Crippen LogP contribution is 2.20. The molecule has 0 saturated carbocycles. The van der Waals surface area contributed by atoms with Crippen LogP contribution in [0.1, 0.15) is 34.5 Å². The average Bonchev–Trinajstić information content (AvgIpc) is 3.41. The Bertz CT molecular complexity index is 1040. The van der Waals surface area contributed by atoms with E-state index in [1.54, 1.807) is 23.1 Å². The summed E-state index contributed by atoms with van der Waals surface area (Å²) in [5.74, 6) is 0.0979. The van der Waals surface area contributed by atoms with Crippen LogP contribution in [0.15, 0.2) is 48.8 Å². The number of imidazole rings is 1. The molecule has 2 amide bonds. The van der Waals surface area contributed by atoms with Crippen LogP contribution < -0.4 is 10.1 Å². The number of carbonyl (C=O) groups is 2. The first-order valence-electron chi connectivity index (χ1n) is 9.83. The zero-order valence-electron chi connectivity index (χ0n) is 16.4. The van der Waals surface area contributed by atoms with Crippen molar-refractivity contribution in [2.75, 3.05) is 19.6 Å². The number of fused-ring (bicyclic) bond motifs is 1. The minimum Gasteiger partial charge on any atom is -0.486 e. The lowest BCUT2D eigenvalue weighted by Gasteiger charge is -2.16. The normalized spacial score (nSPS) is 13.6. The van der Waals surface area contributed by atoms with Crippen LogP contribution in [0.25, 0.3) is 5.65 Å². The molecular formula is C22H24N4O3. The predicted octanol–water partition coefficient (Wildman–Crippen LogP) is 2.57. The van der Waals surface area contributed by atoms with Gasteiger partial charge in [0.2, 0.25) is 5.91 Å². The number of rotatable bonds is 6. The number of pyridine rings is 1. The summed E-state index contributed by atoms with van der Waals surface area (Å²) in [5.41, 5.74) is 3.15. The van der Waals surface area contributed by atoms with Crippen LogP contribution in [0.4, 0.5) is 0 Å². The van der Waals surface area contributed by atoms with Crippen LogP contribution in [0.2, 0.25) is 0 Å². The Hall–Kier alpha value is -3.35. The maximum absolute atomic E-state index is 12.6. The minimum atomic E-state index is -0.320. The molecule has 1 fully saturated rings. The van der Waals surface area contributed by atoms with E-state index in [4.69, 9.17) is 4.74 Å². The van der Waals surface area contributed by atoms with Crippen molar-refractivity contribution in [3.63, 3.8) is 0 Å². The van der Waals surface area contributed by atoms with Crippen molar-refractivity contribution in [1.29, 1.82) is 0 Å². The zero-order chi connectivity index (χ0) is 20.2. The number of carbonyl (C=O) groups excluding carboxylic acids is 2. The number of hydrogen-bond donors (Lipinski definition) is 1. The molecule has 1 aliphatic heterocycles. The second-order valence-electron chi connectivity index (χ2n) is 7.21. The van der Waals surface area contributed by atoms with Gasteiger partial charge in [-0.1, -0.05) is 18.2 Å². The van der Waals surface area contributed by atoms with E-state index < -0.39 is 0 Å². The molecule has 0 aliphatic carbocycles. The van der Waals surface area contributed by atoms with Crippen molar-refractivity contribution in [3.05, 3.63) is 65.6 Å². The summed E-state index contributed by atoms with van der Waals surface area (Å²) in [6.45, 7) is 3.80. The van der Waals surface area contributed by atoms with Crippen LogP contribution in [0.5, 0.6) is 5.75 Å². The molecule has 1 aliphatic rings. The predicted molar refractivity (Wildman–Crippen MR) is 109 cm³/mol. The van der Waals surface area contributed by atoms with E-state index >= 15 is 0 Å². The SMILES string of the molecule is Cc1cccn2cc(COc3ccccc3C(=O)NCC(=O)N3CCCC3)nc12. The fourth-order valence-corrected chi connectivity index (χ4v) is 3.54. The quantitative estimate of drug-likeness (QED) is 0.700. The monoisotopic (exact) mass is 392 g/mol. The van der Waals surface area contributed by atoms with Gasteiger partial charge >= 0.3 is 0 Å². The van der Waals surface area contributed by atoms with Crippen molar-refractivity contribution < 1.29 is 14.3 Å². The molecule has 1 aromatic carbocycles. The van der Waals surface area contributed by atoms with Gasteiger partial charge in [-0.2, -0.15) is 0 Å². The lowest BCUT2D eigenvalue weighted by molar-refractivity contribution is -0.129. The molecule has 0 radical (unpaired) electrons.